The summed E-state index contributed by atoms with van der Waals surface area (Å²) in [5.74, 6) is -0.148. The van der Waals surface area contributed by atoms with E-state index < -0.39 is 5.97 Å². The van der Waals surface area contributed by atoms with E-state index in [2.05, 4.69) is 5.16 Å². The van der Waals surface area contributed by atoms with Crippen molar-refractivity contribution in [1.29, 1.82) is 0 Å². The Hall–Kier alpha value is -1.65. The van der Waals surface area contributed by atoms with Crippen LogP contribution in [0.3, 0.4) is 0 Å². The maximum absolute atomic E-state index is 12.1. The van der Waals surface area contributed by atoms with Crippen LogP contribution in [0.15, 0.2) is 4.52 Å². The largest absolute Gasteiger partial charge is 0.550 e. The fraction of sp³-hybridized carbons (Fsp3) is 0.762. The number of nitrogens with zero attached hydrogens (tertiary/aromatic N) is 1. The Morgan fingerprint density at radius 2 is 1.19 bits per heavy atom. The van der Waals surface area contributed by atoms with Gasteiger partial charge in [-0.15, -0.1) is 0 Å². The van der Waals surface area contributed by atoms with Crippen LogP contribution >= 0.6 is 0 Å². The summed E-state index contributed by atoms with van der Waals surface area (Å²) < 4.78 is 5.05. The lowest BCUT2D eigenvalue weighted by atomic mass is 10.0. The molecule has 5 nitrogen and oxygen atoms in total. The van der Waals surface area contributed by atoms with Gasteiger partial charge in [-0.2, -0.15) is 0 Å². The zero-order valence-corrected chi connectivity index (χ0v) is 16.5. The van der Waals surface area contributed by atoms with Crippen LogP contribution in [0.2, 0.25) is 0 Å². The molecule has 0 amide bonds. The number of hydrogen-bond donors (Lipinski definition) is 0. The molecule has 0 aliphatic carbocycles. The molecule has 148 valence electrons. The van der Waals surface area contributed by atoms with Crippen LogP contribution < -0.4 is 5.11 Å². The summed E-state index contributed by atoms with van der Waals surface area (Å²) in [5, 5.41) is 14.1. The number of carboxylic acid groups (broad SMARTS) is 1. The predicted octanol–water partition coefficient (Wildman–Crippen LogP) is 4.69. The van der Waals surface area contributed by atoms with Crippen LogP contribution in [-0.4, -0.2) is 16.9 Å². The van der Waals surface area contributed by atoms with Crippen molar-refractivity contribution in [2.75, 3.05) is 0 Å². The monoisotopic (exact) mass is 364 g/mol. The van der Waals surface area contributed by atoms with Crippen molar-refractivity contribution in [3.63, 3.8) is 0 Å². The molecule has 1 heterocycles. The molecule has 0 radical (unpaired) electrons. The van der Waals surface area contributed by atoms with E-state index in [0.717, 1.165) is 32.1 Å². The number of aryl methyl sites for hydroxylation is 2. The Kier molecular flexibility index (Phi) is 11.7. The molecule has 0 aliphatic heterocycles. The van der Waals surface area contributed by atoms with Gasteiger partial charge in [0.2, 0.25) is 0 Å². The molecule has 0 bridgehead atoms. The molecule has 1 aromatic rings. The molecular formula is C21H34NO4-. The van der Waals surface area contributed by atoms with E-state index in [-0.39, 0.29) is 12.2 Å². The zero-order valence-electron chi connectivity index (χ0n) is 16.5. The standard InChI is InChI=1S/C21H35NO4/c1-17-21(18(2)26-22-17)19(23)15-13-11-9-7-5-3-4-6-8-10-12-14-16-20(24)25/h3-16H2,1-2H3,(H,24,25)/p-1. The smallest absolute Gasteiger partial charge is 0.168 e. The molecule has 1 rings (SSSR count). The van der Waals surface area contributed by atoms with Crippen molar-refractivity contribution in [2.24, 2.45) is 0 Å². The molecular weight excluding hydrogens is 330 g/mol. The normalized spacial score (nSPS) is 11.0. The molecule has 0 spiro atoms. The van der Waals surface area contributed by atoms with E-state index in [4.69, 9.17) is 4.52 Å². The average Bonchev–Trinajstić information content (AvgIpc) is 2.93. The fourth-order valence-electron chi connectivity index (χ4n) is 3.33. The minimum Gasteiger partial charge on any atom is -0.550 e. The highest BCUT2D eigenvalue weighted by atomic mass is 16.5. The Bertz CT molecular complexity index is 517. The van der Waals surface area contributed by atoms with Gasteiger partial charge in [0.15, 0.2) is 5.78 Å². The van der Waals surface area contributed by atoms with Gasteiger partial charge in [0, 0.05) is 12.4 Å². The van der Waals surface area contributed by atoms with Gasteiger partial charge in [-0.3, -0.25) is 4.79 Å². The lowest BCUT2D eigenvalue weighted by molar-refractivity contribution is -0.305. The first-order valence-corrected chi connectivity index (χ1v) is 10.2. The fourth-order valence-corrected chi connectivity index (χ4v) is 3.33. The summed E-state index contributed by atoms with van der Waals surface area (Å²) in [6.07, 6.45) is 14.4. The molecule has 0 aromatic carbocycles. The number of ketones is 1. The summed E-state index contributed by atoms with van der Waals surface area (Å²) in [4.78, 5) is 22.4. The minimum atomic E-state index is -0.932. The lowest BCUT2D eigenvalue weighted by Gasteiger charge is -2.04. The molecule has 0 aliphatic rings. The molecule has 0 unspecified atom stereocenters. The van der Waals surface area contributed by atoms with Gasteiger partial charge < -0.3 is 14.4 Å². The Balaban J connectivity index is 1.87. The van der Waals surface area contributed by atoms with Crippen LogP contribution in [0, 0.1) is 13.8 Å². The van der Waals surface area contributed by atoms with Crippen LogP contribution in [0.5, 0.6) is 0 Å². The zero-order chi connectivity index (χ0) is 19.2. The lowest BCUT2D eigenvalue weighted by Crippen LogP contribution is -2.21. The van der Waals surface area contributed by atoms with Gasteiger partial charge in [-0.25, -0.2) is 0 Å². The number of carbonyl (C=O) groups is 2. The van der Waals surface area contributed by atoms with E-state index in [0.29, 0.717) is 23.4 Å². The van der Waals surface area contributed by atoms with Gasteiger partial charge in [0.25, 0.3) is 0 Å². The van der Waals surface area contributed by atoms with E-state index >= 15 is 0 Å². The third kappa shape index (κ3) is 9.73. The molecule has 0 saturated heterocycles. The summed E-state index contributed by atoms with van der Waals surface area (Å²) >= 11 is 0. The summed E-state index contributed by atoms with van der Waals surface area (Å²) in [6.45, 7) is 3.61. The number of carbonyl (C=O) groups excluding carboxylic acids is 2. The second kappa shape index (κ2) is 13.5. The van der Waals surface area contributed by atoms with E-state index in [1.54, 1.807) is 6.92 Å². The minimum absolute atomic E-state index is 0.154. The molecule has 0 fully saturated rings. The van der Waals surface area contributed by atoms with Gasteiger partial charge in [-0.05, 0) is 33.1 Å². The molecule has 5 heteroatoms. The average molecular weight is 365 g/mol. The summed E-state index contributed by atoms with van der Waals surface area (Å²) in [7, 11) is 0. The van der Waals surface area contributed by atoms with Crippen molar-refractivity contribution < 1.29 is 19.2 Å². The summed E-state index contributed by atoms with van der Waals surface area (Å²) in [5.41, 5.74) is 1.37. The number of hydrogen-bond acceptors (Lipinski definition) is 5. The highest BCUT2D eigenvalue weighted by molar-refractivity contribution is 5.97. The van der Waals surface area contributed by atoms with Crippen LogP contribution in [0.4, 0.5) is 0 Å². The number of aromatic nitrogens is 1. The first-order valence-electron chi connectivity index (χ1n) is 10.2. The maximum Gasteiger partial charge on any atom is 0.168 e. The Morgan fingerprint density at radius 1 is 0.769 bits per heavy atom. The third-order valence-corrected chi connectivity index (χ3v) is 4.85. The van der Waals surface area contributed by atoms with Crippen molar-refractivity contribution in [2.45, 2.75) is 104 Å². The third-order valence-electron chi connectivity index (χ3n) is 4.85. The van der Waals surface area contributed by atoms with Crippen LogP contribution in [0.1, 0.15) is 112 Å². The molecule has 0 atom stereocenters. The molecule has 1 aromatic heterocycles. The summed E-state index contributed by atoms with van der Waals surface area (Å²) in [6, 6.07) is 0. The quantitative estimate of drug-likeness (QED) is 0.314. The maximum atomic E-state index is 12.1. The second-order valence-electron chi connectivity index (χ2n) is 7.24. The number of aliphatic carboxylic acids is 1. The highest BCUT2D eigenvalue weighted by Crippen LogP contribution is 2.17. The number of rotatable bonds is 16. The van der Waals surface area contributed by atoms with Crippen LogP contribution in [0.25, 0.3) is 0 Å². The van der Waals surface area contributed by atoms with Gasteiger partial charge in [-0.1, -0.05) is 69.4 Å². The number of unbranched alkanes of at least 4 members (excludes halogenated alkanes) is 11. The van der Waals surface area contributed by atoms with Gasteiger partial charge in [0.1, 0.15) is 5.76 Å². The van der Waals surface area contributed by atoms with Crippen molar-refractivity contribution in [1.82, 2.24) is 5.16 Å². The van der Waals surface area contributed by atoms with Gasteiger partial charge in [0.05, 0.1) is 11.3 Å². The van der Waals surface area contributed by atoms with Crippen molar-refractivity contribution in [3.05, 3.63) is 17.0 Å². The predicted molar refractivity (Wildman–Crippen MR) is 100.0 cm³/mol. The van der Waals surface area contributed by atoms with Gasteiger partial charge >= 0.3 is 0 Å². The molecule has 0 N–H and O–H groups in total. The Labute approximate surface area is 157 Å². The molecule has 26 heavy (non-hydrogen) atoms. The highest BCUT2D eigenvalue weighted by Gasteiger charge is 2.16. The number of carboxylic acids is 1. The topological polar surface area (TPSA) is 83.2 Å². The number of Topliss-reactive ketones (excluding diaryl/α,β-unsaturated/α-hetero) is 1. The second-order valence-corrected chi connectivity index (χ2v) is 7.24. The first-order chi connectivity index (χ1) is 12.5. The van der Waals surface area contributed by atoms with E-state index in [1.165, 1.54) is 44.9 Å². The van der Waals surface area contributed by atoms with E-state index in [1.807, 2.05) is 6.92 Å². The van der Waals surface area contributed by atoms with Crippen LogP contribution in [-0.2, 0) is 4.79 Å². The molecule has 0 saturated carbocycles. The first kappa shape index (κ1) is 22.4. The van der Waals surface area contributed by atoms with Crippen molar-refractivity contribution in [3.8, 4) is 0 Å². The van der Waals surface area contributed by atoms with E-state index in [9.17, 15) is 14.7 Å². The Morgan fingerprint density at radius 3 is 1.58 bits per heavy atom. The SMILES string of the molecule is Cc1noc(C)c1C(=O)CCCCCCCCCCCCCCC(=O)[O-]. The van der Waals surface area contributed by atoms with Crippen molar-refractivity contribution >= 4 is 11.8 Å².